The Bertz CT molecular complexity index is 865. The molecule has 2 rings (SSSR count). The van der Waals surface area contributed by atoms with Crippen LogP contribution in [0.5, 0.6) is 5.75 Å². The Balaban J connectivity index is 1.81. The van der Waals surface area contributed by atoms with Crippen molar-refractivity contribution in [2.24, 2.45) is 0 Å². The number of anilines is 2. The van der Waals surface area contributed by atoms with E-state index >= 15 is 0 Å². The number of carbonyl (C=O) groups excluding carboxylic acids is 3. The highest BCUT2D eigenvalue weighted by atomic mass is 16.5. The Hall–Kier alpha value is -3.55. The molecule has 3 N–H and O–H groups in total. The van der Waals surface area contributed by atoms with Gasteiger partial charge in [-0.3, -0.25) is 4.90 Å². The van der Waals surface area contributed by atoms with Gasteiger partial charge in [0.1, 0.15) is 12.3 Å². The number of carbonyl (C=O) groups is 3. The molecule has 0 saturated heterocycles. The second-order valence-electron chi connectivity index (χ2n) is 6.81. The van der Waals surface area contributed by atoms with Crippen molar-refractivity contribution in [2.45, 2.75) is 26.8 Å². The summed E-state index contributed by atoms with van der Waals surface area (Å²) in [5, 5.41) is 7.88. The maximum atomic E-state index is 12.0. The molecule has 0 bridgehead atoms. The first-order valence-corrected chi connectivity index (χ1v) is 9.21. The summed E-state index contributed by atoms with van der Waals surface area (Å²) < 4.78 is 5.19. The average molecular weight is 398 g/mol. The van der Waals surface area contributed by atoms with Gasteiger partial charge in [0, 0.05) is 24.5 Å². The molecule has 2 aromatic carbocycles. The fourth-order valence-electron chi connectivity index (χ4n) is 2.42. The predicted molar refractivity (Wildman–Crippen MR) is 112 cm³/mol. The minimum atomic E-state index is -0.608. The van der Waals surface area contributed by atoms with E-state index < -0.39 is 12.0 Å². The number of urea groups is 2. The van der Waals surface area contributed by atoms with Gasteiger partial charge < -0.3 is 20.7 Å². The van der Waals surface area contributed by atoms with E-state index in [0.717, 1.165) is 5.56 Å². The number of amides is 4. The van der Waals surface area contributed by atoms with Crippen molar-refractivity contribution >= 4 is 29.4 Å². The SMILES string of the molecule is Cc1cccc(NC(=O)NCC(=O)Oc2ccc(N(C)C(=O)NC(C)C)cc2)c1. The van der Waals surface area contributed by atoms with Gasteiger partial charge in [-0.05, 0) is 62.7 Å². The van der Waals surface area contributed by atoms with Crippen LogP contribution in [-0.2, 0) is 4.79 Å². The normalized spacial score (nSPS) is 10.2. The predicted octanol–water partition coefficient (Wildman–Crippen LogP) is 3.28. The molecule has 0 aliphatic rings. The van der Waals surface area contributed by atoms with Crippen molar-refractivity contribution in [2.75, 3.05) is 23.8 Å². The monoisotopic (exact) mass is 398 g/mol. The van der Waals surface area contributed by atoms with Gasteiger partial charge in [-0.1, -0.05) is 12.1 Å². The zero-order valence-corrected chi connectivity index (χ0v) is 17.0. The molecule has 29 heavy (non-hydrogen) atoms. The molecule has 0 spiro atoms. The molecule has 0 saturated carbocycles. The van der Waals surface area contributed by atoms with Crippen LogP contribution >= 0.6 is 0 Å². The van der Waals surface area contributed by atoms with Crippen molar-refractivity contribution in [3.63, 3.8) is 0 Å². The molecule has 0 heterocycles. The van der Waals surface area contributed by atoms with Crippen LogP contribution in [0.25, 0.3) is 0 Å². The fourth-order valence-corrected chi connectivity index (χ4v) is 2.42. The van der Waals surface area contributed by atoms with E-state index in [1.807, 2.05) is 39.0 Å². The maximum Gasteiger partial charge on any atom is 0.330 e. The number of benzene rings is 2. The quantitative estimate of drug-likeness (QED) is 0.514. The lowest BCUT2D eigenvalue weighted by atomic mass is 10.2. The van der Waals surface area contributed by atoms with Gasteiger partial charge in [0.05, 0.1) is 0 Å². The van der Waals surface area contributed by atoms with Crippen molar-refractivity contribution in [1.82, 2.24) is 10.6 Å². The molecule has 2 aromatic rings. The number of hydrogen-bond acceptors (Lipinski definition) is 4. The van der Waals surface area contributed by atoms with Gasteiger partial charge in [-0.15, -0.1) is 0 Å². The second kappa shape index (κ2) is 10.1. The number of esters is 1. The molecule has 0 radical (unpaired) electrons. The highest BCUT2D eigenvalue weighted by molar-refractivity contribution is 5.92. The van der Waals surface area contributed by atoms with E-state index in [1.54, 1.807) is 37.4 Å². The molecule has 8 heteroatoms. The number of hydrogen-bond donors (Lipinski definition) is 3. The first kappa shape index (κ1) is 21.7. The Morgan fingerprint density at radius 1 is 1.07 bits per heavy atom. The first-order valence-electron chi connectivity index (χ1n) is 9.21. The average Bonchev–Trinajstić information content (AvgIpc) is 2.66. The van der Waals surface area contributed by atoms with Gasteiger partial charge >= 0.3 is 18.0 Å². The minimum absolute atomic E-state index is 0.0285. The molecule has 0 atom stereocenters. The van der Waals surface area contributed by atoms with Crippen molar-refractivity contribution in [3.8, 4) is 5.75 Å². The van der Waals surface area contributed by atoms with Crippen LogP contribution in [0.3, 0.4) is 0 Å². The third-order valence-electron chi connectivity index (χ3n) is 3.84. The van der Waals surface area contributed by atoms with E-state index in [0.29, 0.717) is 17.1 Å². The maximum absolute atomic E-state index is 12.0. The highest BCUT2D eigenvalue weighted by Gasteiger charge is 2.12. The van der Waals surface area contributed by atoms with E-state index in [9.17, 15) is 14.4 Å². The molecule has 8 nitrogen and oxygen atoms in total. The number of nitrogens with one attached hydrogen (secondary N) is 3. The fraction of sp³-hybridized carbons (Fsp3) is 0.286. The molecule has 154 valence electrons. The topological polar surface area (TPSA) is 99.8 Å². The zero-order chi connectivity index (χ0) is 21.4. The lowest BCUT2D eigenvalue weighted by Crippen LogP contribution is -2.40. The summed E-state index contributed by atoms with van der Waals surface area (Å²) in [6.45, 7) is 5.39. The van der Waals surface area contributed by atoms with E-state index in [2.05, 4.69) is 16.0 Å². The van der Waals surface area contributed by atoms with Gasteiger partial charge in [0.2, 0.25) is 0 Å². The lowest BCUT2D eigenvalue weighted by Gasteiger charge is -2.20. The molecule has 0 aliphatic carbocycles. The summed E-state index contributed by atoms with van der Waals surface area (Å²) in [4.78, 5) is 37.3. The summed E-state index contributed by atoms with van der Waals surface area (Å²) in [7, 11) is 1.65. The van der Waals surface area contributed by atoms with Gasteiger partial charge in [-0.2, -0.15) is 0 Å². The Morgan fingerprint density at radius 2 is 1.76 bits per heavy atom. The second-order valence-corrected chi connectivity index (χ2v) is 6.81. The van der Waals surface area contributed by atoms with E-state index in [-0.39, 0.29) is 18.6 Å². The lowest BCUT2D eigenvalue weighted by molar-refractivity contribution is -0.133. The largest absolute Gasteiger partial charge is 0.425 e. The molecule has 0 unspecified atom stereocenters. The number of rotatable bonds is 6. The third-order valence-corrected chi connectivity index (χ3v) is 3.84. The zero-order valence-electron chi connectivity index (χ0n) is 17.0. The van der Waals surface area contributed by atoms with Crippen LogP contribution in [0.4, 0.5) is 21.0 Å². The van der Waals surface area contributed by atoms with Gasteiger partial charge in [0.25, 0.3) is 0 Å². The smallest absolute Gasteiger partial charge is 0.330 e. The van der Waals surface area contributed by atoms with E-state index in [4.69, 9.17) is 4.74 Å². The summed E-state index contributed by atoms with van der Waals surface area (Å²) in [6.07, 6.45) is 0. The molecule has 0 fully saturated rings. The summed E-state index contributed by atoms with van der Waals surface area (Å²) >= 11 is 0. The van der Waals surface area contributed by atoms with Crippen molar-refractivity contribution in [1.29, 1.82) is 0 Å². The van der Waals surface area contributed by atoms with Crippen LogP contribution in [0.15, 0.2) is 48.5 Å². The van der Waals surface area contributed by atoms with Crippen LogP contribution in [0, 0.1) is 6.92 Å². The van der Waals surface area contributed by atoms with Crippen LogP contribution in [-0.4, -0.2) is 37.7 Å². The molecule has 4 amide bonds. The standard InChI is InChI=1S/C21H26N4O4/c1-14(2)23-21(28)25(4)17-8-10-18(11-9-17)29-19(26)13-22-20(27)24-16-7-5-6-15(3)12-16/h5-12,14H,13H2,1-4H3,(H,23,28)(H2,22,24,27). The van der Waals surface area contributed by atoms with Crippen LogP contribution in [0.2, 0.25) is 0 Å². The van der Waals surface area contributed by atoms with Gasteiger partial charge in [0.15, 0.2) is 0 Å². The van der Waals surface area contributed by atoms with E-state index in [1.165, 1.54) is 4.90 Å². The third kappa shape index (κ3) is 7.17. The van der Waals surface area contributed by atoms with Crippen molar-refractivity contribution in [3.05, 3.63) is 54.1 Å². The van der Waals surface area contributed by atoms with Crippen LogP contribution in [0.1, 0.15) is 19.4 Å². The van der Waals surface area contributed by atoms with Crippen molar-refractivity contribution < 1.29 is 19.1 Å². The molecule has 0 aliphatic heterocycles. The van der Waals surface area contributed by atoms with Gasteiger partial charge in [-0.25, -0.2) is 14.4 Å². The number of ether oxygens (including phenoxy) is 1. The summed E-state index contributed by atoms with van der Waals surface area (Å²) in [6, 6.07) is 13.1. The summed E-state index contributed by atoms with van der Waals surface area (Å²) in [5.41, 5.74) is 2.30. The summed E-state index contributed by atoms with van der Waals surface area (Å²) in [5.74, 6) is -0.291. The minimum Gasteiger partial charge on any atom is -0.425 e. The first-order chi connectivity index (χ1) is 13.7. The Kier molecular flexibility index (Phi) is 7.59. The number of aryl methyl sites for hydroxylation is 1. The molecular formula is C21H26N4O4. The Labute approximate surface area is 170 Å². The molecule has 0 aromatic heterocycles. The Morgan fingerprint density at radius 3 is 2.38 bits per heavy atom. The van der Waals surface area contributed by atoms with Crippen LogP contribution < -0.4 is 25.6 Å². The highest BCUT2D eigenvalue weighted by Crippen LogP contribution is 2.18. The molecular weight excluding hydrogens is 372 g/mol. The number of nitrogens with zero attached hydrogens (tertiary/aromatic N) is 1.